The molecule has 144 valence electrons. The molecule has 2 atom stereocenters. The minimum atomic E-state index is -0.335. The molecule has 2 aromatic rings. The van der Waals surface area contributed by atoms with Gasteiger partial charge in [-0.25, -0.2) is 0 Å². The smallest absolute Gasteiger partial charge is 0.241 e. The fourth-order valence-electron chi connectivity index (χ4n) is 3.15. The molecule has 27 heavy (non-hydrogen) atoms. The van der Waals surface area contributed by atoms with Crippen LogP contribution in [-0.2, 0) is 9.53 Å². The molecular formula is C21H26ClN3O2. The molecule has 0 saturated carbocycles. The SMILES string of the molecule is C[C@@H](N[C@H](C)c1cccc(Cl)c1)C(=O)Nc1ccc(N2CCOCC2)cc1. The highest BCUT2D eigenvalue weighted by Gasteiger charge is 2.17. The molecule has 2 aromatic carbocycles. The van der Waals surface area contributed by atoms with Crippen molar-refractivity contribution in [3.8, 4) is 0 Å². The van der Waals surface area contributed by atoms with E-state index >= 15 is 0 Å². The molecule has 1 aliphatic rings. The second-order valence-corrected chi connectivity index (χ2v) is 7.24. The van der Waals surface area contributed by atoms with Gasteiger partial charge in [0.25, 0.3) is 0 Å². The summed E-state index contributed by atoms with van der Waals surface area (Å²) < 4.78 is 5.38. The van der Waals surface area contributed by atoms with Gasteiger partial charge in [-0.1, -0.05) is 23.7 Å². The molecule has 1 fully saturated rings. The number of rotatable bonds is 6. The molecule has 1 saturated heterocycles. The van der Waals surface area contributed by atoms with E-state index < -0.39 is 0 Å². The zero-order chi connectivity index (χ0) is 19.2. The van der Waals surface area contributed by atoms with E-state index in [1.807, 2.05) is 62.4 Å². The number of carbonyl (C=O) groups is 1. The number of ether oxygens (including phenoxy) is 1. The molecular weight excluding hydrogens is 362 g/mol. The van der Waals surface area contributed by atoms with Crippen LogP contribution in [0, 0.1) is 0 Å². The highest BCUT2D eigenvalue weighted by atomic mass is 35.5. The van der Waals surface area contributed by atoms with Crippen molar-refractivity contribution in [2.24, 2.45) is 0 Å². The van der Waals surface area contributed by atoms with Crippen LogP contribution in [0.4, 0.5) is 11.4 Å². The number of morpholine rings is 1. The maximum absolute atomic E-state index is 12.5. The minimum Gasteiger partial charge on any atom is -0.378 e. The average Bonchev–Trinajstić information content (AvgIpc) is 2.69. The zero-order valence-corrected chi connectivity index (χ0v) is 16.5. The van der Waals surface area contributed by atoms with E-state index in [0.717, 1.165) is 43.2 Å². The molecule has 6 heteroatoms. The van der Waals surface area contributed by atoms with Gasteiger partial charge in [-0.15, -0.1) is 0 Å². The molecule has 3 rings (SSSR count). The van der Waals surface area contributed by atoms with E-state index in [1.165, 1.54) is 0 Å². The van der Waals surface area contributed by atoms with Gasteiger partial charge in [0.05, 0.1) is 19.3 Å². The third-order valence-corrected chi connectivity index (χ3v) is 4.99. The summed E-state index contributed by atoms with van der Waals surface area (Å²) in [6, 6.07) is 15.3. The Labute approximate surface area is 165 Å². The van der Waals surface area contributed by atoms with Crippen molar-refractivity contribution in [1.29, 1.82) is 0 Å². The standard InChI is InChI=1S/C21H26ClN3O2/c1-15(17-4-3-5-18(22)14-17)23-16(2)21(26)24-19-6-8-20(9-7-19)25-10-12-27-13-11-25/h3-9,14-16,23H,10-13H2,1-2H3,(H,24,26)/t15-,16-/m1/s1. The van der Waals surface area contributed by atoms with Crippen LogP contribution < -0.4 is 15.5 Å². The van der Waals surface area contributed by atoms with Crippen molar-refractivity contribution < 1.29 is 9.53 Å². The molecule has 5 nitrogen and oxygen atoms in total. The van der Waals surface area contributed by atoms with Crippen LogP contribution in [0.25, 0.3) is 0 Å². The molecule has 0 aromatic heterocycles. The fourth-order valence-corrected chi connectivity index (χ4v) is 3.35. The van der Waals surface area contributed by atoms with Crippen molar-refractivity contribution in [1.82, 2.24) is 5.32 Å². The van der Waals surface area contributed by atoms with Gasteiger partial charge in [0.1, 0.15) is 0 Å². The number of benzene rings is 2. The van der Waals surface area contributed by atoms with Crippen LogP contribution in [-0.4, -0.2) is 38.3 Å². The molecule has 2 N–H and O–H groups in total. The summed E-state index contributed by atoms with van der Waals surface area (Å²) in [4.78, 5) is 14.8. The Balaban J connectivity index is 1.54. The van der Waals surface area contributed by atoms with E-state index in [4.69, 9.17) is 16.3 Å². The number of hydrogen-bond acceptors (Lipinski definition) is 4. The summed E-state index contributed by atoms with van der Waals surface area (Å²) in [5, 5.41) is 6.98. The van der Waals surface area contributed by atoms with Crippen molar-refractivity contribution in [3.63, 3.8) is 0 Å². The van der Waals surface area contributed by atoms with Crippen LogP contribution in [0.5, 0.6) is 0 Å². The Morgan fingerprint density at radius 3 is 2.48 bits per heavy atom. The molecule has 1 amide bonds. The fraction of sp³-hybridized carbons (Fsp3) is 0.381. The zero-order valence-electron chi connectivity index (χ0n) is 15.7. The predicted molar refractivity (Wildman–Crippen MR) is 111 cm³/mol. The lowest BCUT2D eigenvalue weighted by Crippen LogP contribution is -2.39. The molecule has 0 bridgehead atoms. The van der Waals surface area contributed by atoms with E-state index in [9.17, 15) is 4.79 Å². The molecule has 1 heterocycles. The summed E-state index contributed by atoms with van der Waals surface area (Å²) >= 11 is 6.05. The van der Waals surface area contributed by atoms with Crippen LogP contribution in [0.15, 0.2) is 48.5 Å². The lowest BCUT2D eigenvalue weighted by atomic mass is 10.1. The number of nitrogens with one attached hydrogen (secondary N) is 2. The van der Waals surface area contributed by atoms with Crippen LogP contribution in [0.3, 0.4) is 0 Å². The van der Waals surface area contributed by atoms with Crippen LogP contribution in [0.2, 0.25) is 5.02 Å². The largest absolute Gasteiger partial charge is 0.378 e. The van der Waals surface area contributed by atoms with Crippen LogP contribution in [0.1, 0.15) is 25.5 Å². The van der Waals surface area contributed by atoms with E-state index in [-0.39, 0.29) is 18.0 Å². The number of amides is 1. The number of halogens is 1. The maximum Gasteiger partial charge on any atom is 0.241 e. The third kappa shape index (κ3) is 5.45. The van der Waals surface area contributed by atoms with E-state index in [0.29, 0.717) is 5.02 Å². The summed E-state index contributed by atoms with van der Waals surface area (Å²) in [5.41, 5.74) is 3.00. The number of carbonyl (C=O) groups excluding carboxylic acids is 1. The Kier molecular flexibility index (Phi) is 6.72. The summed E-state index contributed by atoms with van der Waals surface area (Å²) in [5.74, 6) is -0.0667. The van der Waals surface area contributed by atoms with Crippen molar-refractivity contribution in [2.45, 2.75) is 25.9 Å². The van der Waals surface area contributed by atoms with Gasteiger partial charge in [-0.05, 0) is 55.8 Å². The number of hydrogen-bond donors (Lipinski definition) is 2. The summed E-state index contributed by atoms with van der Waals surface area (Å²) in [7, 11) is 0. The number of nitrogens with zero attached hydrogens (tertiary/aromatic N) is 1. The number of anilines is 2. The molecule has 0 spiro atoms. The molecule has 0 radical (unpaired) electrons. The van der Waals surface area contributed by atoms with Gasteiger partial charge in [0.2, 0.25) is 5.91 Å². The predicted octanol–water partition coefficient (Wildman–Crippen LogP) is 3.85. The molecule has 0 unspecified atom stereocenters. The van der Waals surface area contributed by atoms with Crippen molar-refractivity contribution >= 4 is 28.9 Å². The topological polar surface area (TPSA) is 53.6 Å². The van der Waals surface area contributed by atoms with Gasteiger partial charge >= 0.3 is 0 Å². The van der Waals surface area contributed by atoms with Gasteiger partial charge in [-0.2, -0.15) is 0 Å². The Morgan fingerprint density at radius 2 is 1.81 bits per heavy atom. The van der Waals surface area contributed by atoms with Crippen LogP contribution >= 0.6 is 11.6 Å². The Morgan fingerprint density at radius 1 is 1.11 bits per heavy atom. The van der Waals surface area contributed by atoms with Crippen molar-refractivity contribution in [3.05, 3.63) is 59.1 Å². The highest BCUT2D eigenvalue weighted by Crippen LogP contribution is 2.20. The second kappa shape index (κ2) is 9.22. The first-order valence-electron chi connectivity index (χ1n) is 9.28. The van der Waals surface area contributed by atoms with Gasteiger partial charge in [0.15, 0.2) is 0 Å². The lowest BCUT2D eigenvalue weighted by molar-refractivity contribution is -0.117. The minimum absolute atomic E-state index is 0.0214. The summed E-state index contributed by atoms with van der Waals surface area (Å²) in [6.07, 6.45) is 0. The van der Waals surface area contributed by atoms with E-state index in [1.54, 1.807) is 0 Å². The van der Waals surface area contributed by atoms with E-state index in [2.05, 4.69) is 15.5 Å². The normalized spacial score (nSPS) is 16.6. The van der Waals surface area contributed by atoms with Gasteiger partial charge < -0.3 is 15.0 Å². The maximum atomic E-state index is 12.5. The first-order valence-corrected chi connectivity index (χ1v) is 9.66. The first-order chi connectivity index (χ1) is 13.0. The monoisotopic (exact) mass is 387 g/mol. The van der Waals surface area contributed by atoms with Gasteiger partial charge in [-0.3, -0.25) is 10.1 Å². The highest BCUT2D eigenvalue weighted by molar-refractivity contribution is 6.30. The molecule has 0 aliphatic carbocycles. The second-order valence-electron chi connectivity index (χ2n) is 6.80. The molecule has 1 aliphatic heterocycles. The lowest BCUT2D eigenvalue weighted by Gasteiger charge is -2.29. The average molecular weight is 388 g/mol. The Hall–Kier alpha value is -2.08. The van der Waals surface area contributed by atoms with Gasteiger partial charge in [0, 0.05) is 35.5 Å². The quantitative estimate of drug-likeness (QED) is 0.790. The van der Waals surface area contributed by atoms with Crippen molar-refractivity contribution in [2.75, 3.05) is 36.5 Å². The Bertz CT molecular complexity index is 760. The third-order valence-electron chi connectivity index (χ3n) is 4.75. The summed E-state index contributed by atoms with van der Waals surface area (Å²) in [6.45, 7) is 7.19. The first kappa shape index (κ1) is 19.7.